The van der Waals surface area contributed by atoms with E-state index in [2.05, 4.69) is 10.3 Å². The van der Waals surface area contributed by atoms with Crippen LogP contribution in [-0.4, -0.2) is 42.7 Å². The number of methoxy groups -OCH3 is 1. The number of carbonyl (C=O) groups is 2. The molecule has 3 N–H and O–H groups in total. The number of rotatable bonds is 6. The van der Waals surface area contributed by atoms with E-state index in [9.17, 15) is 14.0 Å². The topological polar surface area (TPSA) is 104 Å². The number of benzene rings is 1. The van der Waals surface area contributed by atoms with Gasteiger partial charge in [0.15, 0.2) is 6.17 Å². The van der Waals surface area contributed by atoms with Gasteiger partial charge >= 0.3 is 0 Å². The van der Waals surface area contributed by atoms with Crippen LogP contribution in [0.3, 0.4) is 0 Å². The normalized spacial score (nSPS) is 22.8. The molecule has 1 aromatic heterocycles. The number of aromatic nitrogens is 1. The van der Waals surface area contributed by atoms with E-state index >= 15 is 0 Å². The quantitative estimate of drug-likeness (QED) is 0.812. The van der Waals surface area contributed by atoms with Crippen molar-refractivity contribution in [3.05, 3.63) is 30.0 Å². The third kappa shape index (κ3) is 3.14. The maximum absolute atomic E-state index is 14.0. The zero-order valence-corrected chi connectivity index (χ0v) is 14.2. The fourth-order valence-electron chi connectivity index (χ4n) is 3.10. The van der Waals surface area contributed by atoms with Gasteiger partial charge in [0, 0.05) is 18.9 Å². The molecule has 1 aliphatic rings. The largest absolute Gasteiger partial charge is 0.496 e. The molecule has 1 aromatic carbocycles. The van der Waals surface area contributed by atoms with E-state index in [0.717, 1.165) is 0 Å². The number of halogens is 1. The minimum atomic E-state index is -1.64. The van der Waals surface area contributed by atoms with Gasteiger partial charge in [-0.05, 0) is 30.0 Å². The van der Waals surface area contributed by atoms with Crippen molar-refractivity contribution in [2.75, 3.05) is 13.7 Å². The predicted octanol–water partition coefficient (Wildman–Crippen LogP) is 1.58. The van der Waals surface area contributed by atoms with Crippen LogP contribution >= 0.6 is 0 Å². The molecule has 138 valence electrons. The molecule has 0 aliphatic carbocycles. The third-order valence-corrected chi connectivity index (χ3v) is 4.52. The van der Waals surface area contributed by atoms with Crippen molar-refractivity contribution in [2.45, 2.75) is 25.5 Å². The maximum atomic E-state index is 14.0. The van der Waals surface area contributed by atoms with Crippen LogP contribution in [0.2, 0.25) is 0 Å². The van der Waals surface area contributed by atoms with Crippen molar-refractivity contribution in [2.24, 2.45) is 11.7 Å². The second kappa shape index (κ2) is 7.15. The van der Waals surface area contributed by atoms with Gasteiger partial charge in [0.2, 0.25) is 5.88 Å². The summed E-state index contributed by atoms with van der Waals surface area (Å²) >= 11 is 0. The number of hydrogen-bond donors (Lipinski definition) is 2. The SMILES string of the molecule is [2H]CC[C@@H]1[C@H](F)C(=O)N[C@@H]1COc1nccc2cc(C(N)=O)c(OC)cc12. The first-order valence-corrected chi connectivity index (χ1v) is 8.09. The molecule has 3 rings (SSSR count). The minimum absolute atomic E-state index is 0.0167. The second-order valence-electron chi connectivity index (χ2n) is 6.03. The Labute approximate surface area is 151 Å². The van der Waals surface area contributed by atoms with E-state index < -0.39 is 29.9 Å². The van der Waals surface area contributed by atoms with Gasteiger partial charge < -0.3 is 20.5 Å². The van der Waals surface area contributed by atoms with Crippen molar-refractivity contribution < 1.29 is 24.8 Å². The molecule has 1 saturated heterocycles. The summed E-state index contributed by atoms with van der Waals surface area (Å²) in [5.74, 6) is -1.35. The monoisotopic (exact) mass is 362 g/mol. The van der Waals surface area contributed by atoms with E-state index in [1.54, 1.807) is 18.2 Å². The zero-order chi connectivity index (χ0) is 19.6. The lowest BCUT2D eigenvalue weighted by Crippen LogP contribution is -2.34. The Bertz CT molecular complexity index is 879. The fraction of sp³-hybridized carbons (Fsp3) is 0.389. The molecule has 7 nitrogen and oxygen atoms in total. The number of hydrogen-bond acceptors (Lipinski definition) is 5. The maximum Gasteiger partial charge on any atom is 0.255 e. The Kier molecular flexibility index (Phi) is 4.55. The summed E-state index contributed by atoms with van der Waals surface area (Å²) in [5, 5.41) is 3.84. The lowest BCUT2D eigenvalue weighted by molar-refractivity contribution is -0.123. The van der Waals surface area contributed by atoms with Gasteiger partial charge in [-0.3, -0.25) is 9.59 Å². The summed E-state index contributed by atoms with van der Waals surface area (Å²) in [7, 11) is 1.42. The number of alkyl halides is 1. The highest BCUT2D eigenvalue weighted by atomic mass is 19.1. The molecule has 2 heterocycles. The first kappa shape index (κ1) is 16.6. The number of pyridine rings is 1. The minimum Gasteiger partial charge on any atom is -0.496 e. The van der Waals surface area contributed by atoms with Crippen LogP contribution in [0.25, 0.3) is 10.8 Å². The van der Waals surface area contributed by atoms with Crippen LogP contribution in [0.15, 0.2) is 24.4 Å². The molecule has 0 radical (unpaired) electrons. The highest BCUT2D eigenvalue weighted by Crippen LogP contribution is 2.31. The van der Waals surface area contributed by atoms with Crippen LogP contribution < -0.4 is 20.5 Å². The molecule has 3 atom stereocenters. The van der Waals surface area contributed by atoms with E-state index in [-0.39, 0.29) is 37.1 Å². The molecule has 1 fully saturated rings. The number of amides is 2. The van der Waals surface area contributed by atoms with E-state index in [1.807, 2.05) is 0 Å². The third-order valence-electron chi connectivity index (χ3n) is 4.52. The molecule has 26 heavy (non-hydrogen) atoms. The number of nitrogens with two attached hydrogens (primary N) is 1. The van der Waals surface area contributed by atoms with Gasteiger partial charge in [0.05, 0.1) is 18.7 Å². The highest BCUT2D eigenvalue weighted by molar-refractivity contribution is 6.01. The molecule has 8 heteroatoms. The summed E-state index contributed by atoms with van der Waals surface area (Å²) in [4.78, 5) is 27.4. The van der Waals surface area contributed by atoms with Gasteiger partial charge in [-0.25, -0.2) is 9.37 Å². The van der Waals surface area contributed by atoms with Gasteiger partial charge in [0.1, 0.15) is 12.4 Å². The number of nitrogens with one attached hydrogen (secondary N) is 1. The molecule has 0 saturated carbocycles. The average Bonchev–Trinajstić information content (AvgIpc) is 2.93. The Morgan fingerprint density at radius 3 is 3.00 bits per heavy atom. The van der Waals surface area contributed by atoms with Gasteiger partial charge in [-0.2, -0.15) is 0 Å². The van der Waals surface area contributed by atoms with Crippen molar-refractivity contribution in [1.82, 2.24) is 10.3 Å². The molecule has 0 bridgehead atoms. The highest BCUT2D eigenvalue weighted by Gasteiger charge is 2.41. The van der Waals surface area contributed by atoms with Crippen LogP contribution in [0.5, 0.6) is 11.6 Å². The predicted molar refractivity (Wildman–Crippen MR) is 92.9 cm³/mol. The second-order valence-corrected chi connectivity index (χ2v) is 6.03. The Balaban J connectivity index is 1.87. The van der Waals surface area contributed by atoms with Crippen LogP contribution in [0.4, 0.5) is 4.39 Å². The summed E-state index contributed by atoms with van der Waals surface area (Å²) < 4.78 is 32.3. The van der Waals surface area contributed by atoms with Crippen LogP contribution in [-0.2, 0) is 4.79 Å². The zero-order valence-electron chi connectivity index (χ0n) is 15.2. The van der Waals surface area contributed by atoms with E-state index in [4.69, 9.17) is 16.6 Å². The molecule has 0 unspecified atom stereocenters. The molecule has 2 aromatic rings. The Morgan fingerprint density at radius 2 is 2.31 bits per heavy atom. The summed E-state index contributed by atoms with van der Waals surface area (Å²) in [6, 6.07) is 4.35. The number of primary amides is 1. The summed E-state index contributed by atoms with van der Waals surface area (Å²) in [5.41, 5.74) is 5.61. The Hall–Kier alpha value is -2.90. The lowest BCUT2D eigenvalue weighted by atomic mass is 9.97. The number of nitrogens with zero attached hydrogens (tertiary/aromatic N) is 1. The standard InChI is InChI=1S/C18H20FN3O4/c1-3-10-13(22-17(24)15(10)19)8-26-18-11-7-14(25-2)12(16(20)23)6-9(11)4-5-21-18/h4-7,10,13,15H,3,8H2,1-2H3,(H2,20,23)(H,22,24)/t10-,13+,15-/m0/s1/i1D. The molecule has 0 spiro atoms. The number of fused-ring (bicyclic) bond motifs is 1. The smallest absolute Gasteiger partial charge is 0.255 e. The molecular weight excluding hydrogens is 341 g/mol. The fourth-order valence-corrected chi connectivity index (χ4v) is 3.10. The molecule has 1 aliphatic heterocycles. The van der Waals surface area contributed by atoms with Crippen LogP contribution in [0.1, 0.15) is 25.0 Å². The van der Waals surface area contributed by atoms with Gasteiger partial charge in [-0.1, -0.05) is 6.90 Å². The average molecular weight is 362 g/mol. The first-order chi connectivity index (χ1) is 13.0. The number of ether oxygens (including phenoxy) is 2. The van der Waals surface area contributed by atoms with Gasteiger partial charge in [-0.15, -0.1) is 0 Å². The van der Waals surface area contributed by atoms with Crippen molar-refractivity contribution in [1.29, 1.82) is 0 Å². The summed E-state index contributed by atoms with van der Waals surface area (Å²) in [6.45, 7) is 0.0407. The molecule has 2 amide bonds. The Morgan fingerprint density at radius 1 is 1.50 bits per heavy atom. The molecular formula is C18H20FN3O4. The first-order valence-electron chi connectivity index (χ1n) is 8.80. The van der Waals surface area contributed by atoms with Crippen molar-refractivity contribution in [3.63, 3.8) is 0 Å². The van der Waals surface area contributed by atoms with Crippen molar-refractivity contribution >= 4 is 22.6 Å². The van der Waals surface area contributed by atoms with Crippen LogP contribution in [0, 0.1) is 5.92 Å². The number of carbonyl (C=O) groups excluding carboxylic acids is 2. The van der Waals surface area contributed by atoms with Gasteiger partial charge in [0.25, 0.3) is 11.8 Å². The lowest BCUT2D eigenvalue weighted by Gasteiger charge is -2.19. The summed E-state index contributed by atoms with van der Waals surface area (Å²) in [6.07, 6.45) is 0.135. The van der Waals surface area contributed by atoms with E-state index in [1.165, 1.54) is 13.3 Å². The van der Waals surface area contributed by atoms with Crippen molar-refractivity contribution in [3.8, 4) is 11.6 Å². The van der Waals surface area contributed by atoms with E-state index in [0.29, 0.717) is 10.8 Å².